The highest BCUT2D eigenvalue weighted by atomic mass is 32.2. The van der Waals surface area contributed by atoms with Gasteiger partial charge in [0.25, 0.3) is 0 Å². The number of methoxy groups -OCH3 is 1. The van der Waals surface area contributed by atoms with Crippen molar-refractivity contribution < 1.29 is 17.9 Å². The molecule has 1 N–H and O–H groups in total. The highest BCUT2D eigenvalue weighted by molar-refractivity contribution is 7.89. The standard InChI is InChI=1S/C21H26N2O4S/c1-16-3-9-20(10-4-16)28(25,26)23-13-11-18(12-14-23)22-21(24)15-17-5-7-19(27-2)8-6-17/h3-10,18H,11-15H2,1-2H3,(H,22,24). The third kappa shape index (κ3) is 4.91. The molecule has 0 spiro atoms. The van der Waals surface area contributed by atoms with Crippen molar-refractivity contribution in [1.82, 2.24) is 9.62 Å². The number of carbonyl (C=O) groups is 1. The Bertz CT molecular complexity index is 900. The minimum absolute atomic E-state index is 0.00443. The highest BCUT2D eigenvalue weighted by Gasteiger charge is 2.29. The van der Waals surface area contributed by atoms with Crippen LogP contribution in [0.3, 0.4) is 0 Å². The molecule has 2 aromatic rings. The second-order valence-electron chi connectivity index (χ2n) is 7.08. The number of carbonyl (C=O) groups excluding carboxylic acids is 1. The molecule has 0 aromatic heterocycles. The normalized spacial score (nSPS) is 15.9. The summed E-state index contributed by atoms with van der Waals surface area (Å²) in [5.41, 5.74) is 1.94. The van der Waals surface area contributed by atoms with Gasteiger partial charge in [-0.15, -0.1) is 0 Å². The first kappa shape index (κ1) is 20.4. The van der Waals surface area contributed by atoms with Gasteiger partial charge in [0.1, 0.15) is 5.75 Å². The number of nitrogens with one attached hydrogen (secondary N) is 1. The number of benzene rings is 2. The molecule has 0 saturated carbocycles. The van der Waals surface area contributed by atoms with E-state index in [4.69, 9.17) is 4.74 Å². The lowest BCUT2D eigenvalue weighted by Crippen LogP contribution is -2.46. The predicted octanol–water partition coefficient (Wildman–Crippen LogP) is 2.52. The van der Waals surface area contributed by atoms with E-state index in [1.165, 1.54) is 4.31 Å². The van der Waals surface area contributed by atoms with Crippen molar-refractivity contribution >= 4 is 15.9 Å². The van der Waals surface area contributed by atoms with Crippen molar-refractivity contribution in [2.45, 2.75) is 37.1 Å². The summed E-state index contributed by atoms with van der Waals surface area (Å²) >= 11 is 0. The van der Waals surface area contributed by atoms with Gasteiger partial charge in [0, 0.05) is 19.1 Å². The Balaban J connectivity index is 1.51. The van der Waals surface area contributed by atoms with Gasteiger partial charge in [0.05, 0.1) is 18.4 Å². The molecular weight excluding hydrogens is 376 g/mol. The van der Waals surface area contributed by atoms with Gasteiger partial charge in [-0.05, 0) is 49.6 Å². The van der Waals surface area contributed by atoms with Gasteiger partial charge < -0.3 is 10.1 Å². The molecule has 0 unspecified atom stereocenters. The highest BCUT2D eigenvalue weighted by Crippen LogP contribution is 2.21. The Kier molecular flexibility index (Phi) is 6.36. The van der Waals surface area contributed by atoms with Crippen LogP contribution in [-0.2, 0) is 21.2 Å². The lowest BCUT2D eigenvalue weighted by atomic mass is 10.1. The van der Waals surface area contributed by atoms with Crippen molar-refractivity contribution in [3.8, 4) is 5.75 Å². The van der Waals surface area contributed by atoms with Crippen LogP contribution in [0.2, 0.25) is 0 Å². The molecule has 0 radical (unpaired) electrons. The van der Waals surface area contributed by atoms with Gasteiger partial charge in [-0.1, -0.05) is 29.8 Å². The zero-order chi connectivity index (χ0) is 20.1. The van der Waals surface area contributed by atoms with Crippen molar-refractivity contribution in [3.63, 3.8) is 0 Å². The summed E-state index contributed by atoms with van der Waals surface area (Å²) in [6.07, 6.45) is 1.52. The number of nitrogens with zero attached hydrogens (tertiary/aromatic N) is 1. The van der Waals surface area contributed by atoms with Crippen molar-refractivity contribution in [3.05, 3.63) is 59.7 Å². The quantitative estimate of drug-likeness (QED) is 0.806. The molecule has 1 aliphatic heterocycles. The lowest BCUT2D eigenvalue weighted by molar-refractivity contribution is -0.121. The maximum atomic E-state index is 12.7. The molecule has 28 heavy (non-hydrogen) atoms. The Labute approximate surface area is 166 Å². The fourth-order valence-electron chi connectivity index (χ4n) is 3.31. The second-order valence-corrected chi connectivity index (χ2v) is 9.02. The van der Waals surface area contributed by atoms with E-state index in [0.29, 0.717) is 37.2 Å². The van der Waals surface area contributed by atoms with E-state index in [1.54, 1.807) is 31.4 Å². The van der Waals surface area contributed by atoms with E-state index < -0.39 is 10.0 Å². The summed E-state index contributed by atoms with van der Waals surface area (Å²) in [7, 11) is -1.87. The van der Waals surface area contributed by atoms with Crippen LogP contribution in [0.1, 0.15) is 24.0 Å². The van der Waals surface area contributed by atoms with Crippen molar-refractivity contribution in [2.75, 3.05) is 20.2 Å². The molecule has 7 heteroatoms. The van der Waals surface area contributed by atoms with Gasteiger partial charge in [-0.2, -0.15) is 4.31 Å². The molecule has 1 amide bonds. The number of hydrogen-bond donors (Lipinski definition) is 1. The predicted molar refractivity (Wildman–Crippen MR) is 108 cm³/mol. The topological polar surface area (TPSA) is 75.7 Å². The fourth-order valence-corrected chi connectivity index (χ4v) is 4.78. The molecule has 3 rings (SSSR count). The molecule has 1 heterocycles. The largest absolute Gasteiger partial charge is 0.497 e. The molecule has 1 saturated heterocycles. The average Bonchev–Trinajstić information content (AvgIpc) is 2.69. The summed E-state index contributed by atoms with van der Waals surface area (Å²) < 4.78 is 32.1. The van der Waals surface area contributed by atoms with Gasteiger partial charge in [0.15, 0.2) is 0 Å². The number of hydrogen-bond acceptors (Lipinski definition) is 4. The first-order valence-corrected chi connectivity index (χ1v) is 10.8. The zero-order valence-corrected chi connectivity index (χ0v) is 17.0. The molecule has 150 valence electrons. The molecule has 1 fully saturated rings. The minimum Gasteiger partial charge on any atom is -0.497 e. The number of aryl methyl sites for hydroxylation is 1. The Hall–Kier alpha value is -2.38. The lowest BCUT2D eigenvalue weighted by Gasteiger charge is -2.31. The summed E-state index contributed by atoms with van der Waals surface area (Å²) in [5, 5.41) is 3.02. The van der Waals surface area contributed by atoms with Gasteiger partial charge >= 0.3 is 0 Å². The Morgan fingerprint density at radius 3 is 2.25 bits per heavy atom. The third-order valence-electron chi connectivity index (χ3n) is 5.00. The number of sulfonamides is 1. The number of rotatable bonds is 6. The van der Waals surface area contributed by atoms with Crippen LogP contribution in [0.4, 0.5) is 0 Å². The van der Waals surface area contributed by atoms with E-state index in [0.717, 1.165) is 16.9 Å². The molecule has 1 aliphatic rings. The minimum atomic E-state index is -3.48. The molecular formula is C21H26N2O4S. The first-order valence-electron chi connectivity index (χ1n) is 9.37. The van der Waals surface area contributed by atoms with Crippen molar-refractivity contribution in [1.29, 1.82) is 0 Å². The van der Waals surface area contributed by atoms with Crippen LogP contribution in [0.15, 0.2) is 53.4 Å². The van der Waals surface area contributed by atoms with Crippen LogP contribution in [0.25, 0.3) is 0 Å². The first-order chi connectivity index (χ1) is 13.4. The molecule has 6 nitrogen and oxygen atoms in total. The van der Waals surface area contributed by atoms with E-state index in [2.05, 4.69) is 5.32 Å². The average molecular weight is 403 g/mol. The Morgan fingerprint density at radius 2 is 1.68 bits per heavy atom. The summed E-state index contributed by atoms with van der Waals surface area (Å²) in [5.74, 6) is 0.705. The summed E-state index contributed by atoms with van der Waals surface area (Å²) in [6.45, 7) is 2.74. The van der Waals surface area contributed by atoms with Gasteiger partial charge in [-0.25, -0.2) is 8.42 Å². The van der Waals surface area contributed by atoms with E-state index in [-0.39, 0.29) is 11.9 Å². The van der Waals surface area contributed by atoms with Crippen LogP contribution in [0, 0.1) is 6.92 Å². The van der Waals surface area contributed by atoms with Crippen LogP contribution < -0.4 is 10.1 Å². The van der Waals surface area contributed by atoms with Gasteiger partial charge in [-0.3, -0.25) is 4.79 Å². The monoisotopic (exact) mass is 402 g/mol. The molecule has 0 bridgehead atoms. The summed E-state index contributed by atoms with van der Waals surface area (Å²) in [4.78, 5) is 12.6. The van der Waals surface area contributed by atoms with Crippen molar-refractivity contribution in [2.24, 2.45) is 0 Å². The smallest absolute Gasteiger partial charge is 0.243 e. The van der Waals surface area contributed by atoms with E-state index >= 15 is 0 Å². The second kappa shape index (κ2) is 8.75. The fraction of sp³-hybridized carbons (Fsp3) is 0.381. The number of piperidine rings is 1. The zero-order valence-electron chi connectivity index (χ0n) is 16.2. The molecule has 2 aromatic carbocycles. The van der Waals surface area contributed by atoms with E-state index in [9.17, 15) is 13.2 Å². The number of ether oxygens (including phenoxy) is 1. The van der Waals surface area contributed by atoms with E-state index in [1.807, 2.05) is 31.2 Å². The third-order valence-corrected chi connectivity index (χ3v) is 6.91. The molecule has 0 aliphatic carbocycles. The molecule has 0 atom stereocenters. The maximum Gasteiger partial charge on any atom is 0.243 e. The van der Waals surface area contributed by atoms with Crippen LogP contribution in [0.5, 0.6) is 5.75 Å². The SMILES string of the molecule is COc1ccc(CC(=O)NC2CCN(S(=O)(=O)c3ccc(C)cc3)CC2)cc1. The summed E-state index contributed by atoms with van der Waals surface area (Å²) in [6, 6.07) is 14.3. The Morgan fingerprint density at radius 1 is 1.07 bits per heavy atom. The van der Waals surface area contributed by atoms with Crippen LogP contribution in [-0.4, -0.2) is 44.9 Å². The maximum absolute atomic E-state index is 12.7. The number of amides is 1. The van der Waals surface area contributed by atoms with Gasteiger partial charge in [0.2, 0.25) is 15.9 Å². The van der Waals surface area contributed by atoms with Crippen LogP contribution >= 0.6 is 0 Å².